The van der Waals surface area contributed by atoms with E-state index in [1.165, 1.54) is 61.2 Å². The molecule has 6 aromatic rings. The Morgan fingerprint density at radius 1 is 0.636 bits per heavy atom. The quantitative estimate of drug-likeness (QED) is 0.183. The number of nitrogens with zero attached hydrogens (tertiary/aromatic N) is 1. The van der Waals surface area contributed by atoms with Crippen LogP contribution in [0.3, 0.4) is 0 Å². The average Bonchev–Trinajstić information content (AvgIpc) is 3.78. The van der Waals surface area contributed by atoms with Gasteiger partial charge in [0.25, 0.3) is 0 Å². The van der Waals surface area contributed by atoms with Gasteiger partial charge in [0, 0.05) is 29.0 Å². The van der Waals surface area contributed by atoms with E-state index >= 15 is 0 Å². The molecule has 3 heteroatoms. The second-order valence-corrected chi connectivity index (χ2v) is 16.2. The Morgan fingerprint density at radius 2 is 1.31 bits per heavy atom. The lowest BCUT2D eigenvalue weighted by Crippen LogP contribution is -2.36. The van der Waals surface area contributed by atoms with Crippen LogP contribution < -0.4 is 14.4 Å². The summed E-state index contributed by atoms with van der Waals surface area (Å²) in [5.41, 5.74) is 17.7. The number of ether oxygens (including phenoxy) is 2. The van der Waals surface area contributed by atoms with Crippen molar-refractivity contribution < 1.29 is 9.47 Å². The number of hydrogen-bond acceptors (Lipinski definition) is 3. The van der Waals surface area contributed by atoms with Gasteiger partial charge >= 0.3 is 0 Å². The normalized spacial score (nSPS) is 22.4. The van der Waals surface area contributed by atoms with Crippen molar-refractivity contribution in [3.63, 3.8) is 0 Å². The molecular weight excluding hydrogens is 671 g/mol. The van der Waals surface area contributed by atoms with Crippen LogP contribution in [0, 0.1) is 5.92 Å². The number of fused-ring (bicyclic) bond motifs is 14. The topological polar surface area (TPSA) is 21.7 Å². The first-order valence-corrected chi connectivity index (χ1v) is 19.6. The van der Waals surface area contributed by atoms with Gasteiger partial charge in [-0.25, -0.2) is 0 Å². The molecule has 6 aliphatic rings. The van der Waals surface area contributed by atoms with Crippen LogP contribution >= 0.6 is 0 Å². The maximum atomic E-state index is 7.28. The van der Waals surface area contributed by atoms with E-state index < -0.39 is 0 Å². The van der Waals surface area contributed by atoms with Crippen molar-refractivity contribution in [2.75, 3.05) is 4.90 Å². The summed E-state index contributed by atoms with van der Waals surface area (Å²) < 4.78 is 14.3. The van der Waals surface area contributed by atoms with Crippen LogP contribution in [0.5, 0.6) is 11.5 Å². The van der Waals surface area contributed by atoms with E-state index in [9.17, 15) is 0 Å². The lowest BCUT2D eigenvalue weighted by molar-refractivity contribution is 0.149. The van der Waals surface area contributed by atoms with Crippen LogP contribution in [0.4, 0.5) is 17.1 Å². The van der Waals surface area contributed by atoms with Crippen molar-refractivity contribution in [1.82, 2.24) is 0 Å². The fourth-order valence-corrected chi connectivity index (χ4v) is 11.1. The molecule has 1 heterocycles. The second kappa shape index (κ2) is 11.1. The van der Waals surface area contributed by atoms with Crippen LogP contribution in [0.25, 0.3) is 22.3 Å². The van der Waals surface area contributed by atoms with Crippen molar-refractivity contribution in [3.8, 4) is 22.6 Å². The minimum absolute atomic E-state index is 0.119. The van der Waals surface area contributed by atoms with E-state index in [1.54, 1.807) is 0 Å². The Bertz CT molecular complexity index is 2760. The number of hydrogen-bond donors (Lipinski definition) is 0. The van der Waals surface area contributed by atoms with Crippen molar-refractivity contribution in [2.45, 2.75) is 43.6 Å². The monoisotopic (exact) mass is 709 g/mol. The molecule has 0 amide bonds. The van der Waals surface area contributed by atoms with Crippen LogP contribution in [0.2, 0.25) is 0 Å². The Morgan fingerprint density at radius 3 is 2.15 bits per heavy atom. The van der Waals surface area contributed by atoms with Gasteiger partial charge in [-0.1, -0.05) is 141 Å². The van der Waals surface area contributed by atoms with E-state index in [-0.39, 0.29) is 16.9 Å². The second-order valence-electron chi connectivity index (χ2n) is 16.2. The summed E-state index contributed by atoms with van der Waals surface area (Å²) in [6.45, 7) is 4.68. The predicted molar refractivity (Wildman–Crippen MR) is 222 cm³/mol. The average molecular weight is 710 g/mol. The highest BCUT2D eigenvalue weighted by atomic mass is 16.6. The summed E-state index contributed by atoms with van der Waals surface area (Å²) in [5.74, 6) is 2.73. The van der Waals surface area contributed by atoms with Crippen LogP contribution in [0.15, 0.2) is 175 Å². The molecule has 0 saturated carbocycles. The highest BCUT2D eigenvalue weighted by molar-refractivity contribution is 5.97. The van der Waals surface area contributed by atoms with E-state index in [2.05, 4.69) is 183 Å². The number of rotatable bonds is 3. The van der Waals surface area contributed by atoms with Gasteiger partial charge < -0.3 is 14.4 Å². The third-order valence-corrected chi connectivity index (χ3v) is 13.3. The number of anilines is 3. The fourth-order valence-electron chi connectivity index (χ4n) is 11.1. The molecule has 6 aromatic carbocycles. The van der Waals surface area contributed by atoms with Gasteiger partial charge in [0.15, 0.2) is 17.6 Å². The highest BCUT2D eigenvalue weighted by Gasteiger charge is 2.58. The summed E-state index contributed by atoms with van der Waals surface area (Å²) in [6, 6.07) is 50.9. The standard InChI is InChI=1S/C52H39NO2/c1-51(2)38-22-10-9-21-36(38)49-42(51)26-14-27-44(49)53(32-16-4-3-5-17-32)45-28-15-29-46-50(45)55-47-30-37-35-20-8-13-25-41(35)52(43(37)31-48(47)54-46)39-23-11-6-18-33(39)34-19-7-12-24-40(34)52/h3-23,25-29,31,40,47H,24,30H2,1-2H3. The van der Waals surface area contributed by atoms with Crippen molar-refractivity contribution >= 4 is 28.2 Å². The van der Waals surface area contributed by atoms with Crippen LogP contribution in [-0.2, 0) is 10.8 Å². The first-order valence-electron chi connectivity index (χ1n) is 19.6. The zero-order chi connectivity index (χ0) is 36.5. The first kappa shape index (κ1) is 31.1. The fraction of sp³-hybridized carbons (Fsp3) is 0.154. The summed E-state index contributed by atoms with van der Waals surface area (Å²) >= 11 is 0. The molecule has 3 unspecified atom stereocenters. The number of benzene rings is 6. The Labute approximate surface area is 322 Å². The third-order valence-electron chi connectivity index (χ3n) is 13.3. The molecule has 3 nitrogen and oxygen atoms in total. The third kappa shape index (κ3) is 4.00. The van der Waals surface area contributed by atoms with Gasteiger partial charge in [-0.3, -0.25) is 0 Å². The molecule has 0 N–H and O–H groups in total. The number of para-hydroxylation sites is 2. The lowest BCUT2D eigenvalue weighted by atomic mass is 9.64. The molecule has 3 atom stereocenters. The predicted octanol–water partition coefficient (Wildman–Crippen LogP) is 12.6. The number of allylic oxidation sites excluding steroid dienone is 6. The van der Waals surface area contributed by atoms with E-state index in [0.717, 1.165) is 47.2 Å². The summed E-state index contributed by atoms with van der Waals surface area (Å²) in [4.78, 5) is 2.38. The van der Waals surface area contributed by atoms with E-state index in [0.29, 0.717) is 5.92 Å². The molecule has 0 saturated heterocycles. The molecular formula is C52H39NO2. The van der Waals surface area contributed by atoms with Crippen molar-refractivity contribution in [2.24, 2.45) is 5.92 Å². The smallest absolute Gasteiger partial charge is 0.186 e. The van der Waals surface area contributed by atoms with Gasteiger partial charge in [0.1, 0.15) is 5.76 Å². The molecule has 0 fully saturated rings. The summed E-state index contributed by atoms with van der Waals surface area (Å²) in [6.07, 6.45) is 10.8. The molecule has 0 bridgehead atoms. The zero-order valence-electron chi connectivity index (χ0n) is 30.9. The van der Waals surface area contributed by atoms with Gasteiger partial charge in [0.2, 0.25) is 0 Å². The molecule has 1 spiro atoms. The van der Waals surface area contributed by atoms with Crippen LogP contribution in [-0.4, -0.2) is 6.10 Å². The van der Waals surface area contributed by atoms with Crippen molar-refractivity contribution in [1.29, 1.82) is 0 Å². The zero-order valence-corrected chi connectivity index (χ0v) is 30.9. The van der Waals surface area contributed by atoms with E-state index in [4.69, 9.17) is 9.47 Å². The summed E-state index contributed by atoms with van der Waals surface area (Å²) in [5, 5.41) is 0. The first-order chi connectivity index (χ1) is 27.0. The Balaban J connectivity index is 1.02. The molecule has 0 aromatic heterocycles. The van der Waals surface area contributed by atoms with Crippen LogP contribution in [0.1, 0.15) is 60.1 Å². The maximum absolute atomic E-state index is 7.28. The molecule has 5 aliphatic carbocycles. The molecule has 0 radical (unpaired) electrons. The summed E-state index contributed by atoms with van der Waals surface area (Å²) in [7, 11) is 0. The lowest BCUT2D eigenvalue weighted by Gasteiger charge is -2.39. The van der Waals surface area contributed by atoms with Gasteiger partial charge in [-0.05, 0) is 98.5 Å². The minimum Gasteiger partial charge on any atom is -0.476 e. The minimum atomic E-state index is -0.273. The van der Waals surface area contributed by atoms with Gasteiger partial charge in [0.05, 0.1) is 16.8 Å². The van der Waals surface area contributed by atoms with E-state index in [1.807, 2.05) is 0 Å². The molecule has 1 aliphatic heterocycles. The molecule has 12 rings (SSSR count). The van der Waals surface area contributed by atoms with Crippen molar-refractivity contribution in [3.05, 3.63) is 209 Å². The SMILES string of the molecule is CC1(C)c2ccccc2-c2c(N(c3ccccc3)c3cccc4c3OC3CC5=C(C=C3O4)C3(c4ccccc4C4=CC=CCC43)c3ccccc35)cccc21. The maximum Gasteiger partial charge on any atom is 0.186 e. The highest BCUT2D eigenvalue weighted by Crippen LogP contribution is 2.67. The Hall–Kier alpha value is -6.32. The van der Waals surface area contributed by atoms with Gasteiger partial charge in [-0.15, -0.1) is 0 Å². The molecule has 264 valence electrons. The molecule has 55 heavy (non-hydrogen) atoms. The Kier molecular flexibility index (Phi) is 6.28. The largest absolute Gasteiger partial charge is 0.476 e. The van der Waals surface area contributed by atoms with Gasteiger partial charge in [-0.2, -0.15) is 0 Å².